The zero-order valence-corrected chi connectivity index (χ0v) is 31.5. The van der Waals surface area contributed by atoms with E-state index in [1.54, 1.807) is 0 Å². The molecule has 2 aliphatic heterocycles. The molecule has 2 aromatic heterocycles. The average molecular weight is 761 g/mol. The van der Waals surface area contributed by atoms with Gasteiger partial charge in [-0.15, -0.1) is 0 Å². The van der Waals surface area contributed by atoms with Crippen LogP contribution in [0.2, 0.25) is 0 Å². The predicted octanol–water partition coefficient (Wildman–Crippen LogP) is 7.24. The van der Waals surface area contributed by atoms with E-state index in [0.717, 1.165) is 82.4 Å². The molecule has 57 heavy (non-hydrogen) atoms. The molecule has 1 amide bonds. The molecular weight excluding hydrogens is 717 g/mol. The van der Waals surface area contributed by atoms with Crippen LogP contribution in [0.1, 0.15) is 70.4 Å². The molecule has 0 radical (unpaired) electrons. The van der Waals surface area contributed by atoms with Crippen molar-refractivity contribution in [3.05, 3.63) is 166 Å². The maximum absolute atomic E-state index is 13.0. The van der Waals surface area contributed by atoms with Crippen LogP contribution < -0.4 is 11.0 Å². The van der Waals surface area contributed by atoms with E-state index in [2.05, 4.69) is 49.4 Å². The Labute approximate surface area is 329 Å². The number of fused-ring (bicyclic) bond motifs is 2. The van der Waals surface area contributed by atoms with Gasteiger partial charge in [0.15, 0.2) is 6.29 Å². The van der Waals surface area contributed by atoms with Gasteiger partial charge >= 0.3 is 5.69 Å². The molecule has 11 nitrogen and oxygen atoms in total. The highest BCUT2D eigenvalue weighted by Crippen LogP contribution is 2.39. The molecule has 0 bridgehead atoms. The first kappa shape index (κ1) is 36.6. The number of piperidine rings is 1. The third kappa shape index (κ3) is 8.01. The van der Waals surface area contributed by atoms with E-state index in [1.807, 2.05) is 102 Å². The largest absolute Gasteiger partial charge is 0.392 e. The number of hydrogen-bond acceptors (Lipinski definition) is 8. The Morgan fingerprint density at radius 2 is 1.56 bits per heavy atom. The number of aromatic amines is 1. The molecule has 0 aliphatic carbocycles. The van der Waals surface area contributed by atoms with Crippen LogP contribution in [-0.2, 0) is 22.6 Å². The predicted molar refractivity (Wildman–Crippen MR) is 218 cm³/mol. The fourth-order valence-corrected chi connectivity index (χ4v) is 8.18. The molecule has 7 aromatic rings. The van der Waals surface area contributed by atoms with Crippen LogP contribution in [0.4, 0.5) is 0 Å². The number of aromatic nitrogens is 4. The Morgan fingerprint density at radius 3 is 2.39 bits per heavy atom. The number of carbonyl (C=O) groups is 1. The van der Waals surface area contributed by atoms with Crippen LogP contribution in [0.15, 0.2) is 132 Å². The number of H-pyrrole nitrogens is 1. The van der Waals surface area contributed by atoms with Crippen molar-refractivity contribution in [2.45, 2.75) is 57.0 Å². The van der Waals surface area contributed by atoms with Gasteiger partial charge in [-0.05, 0) is 77.1 Å². The maximum atomic E-state index is 13.0. The molecule has 5 aromatic carbocycles. The van der Waals surface area contributed by atoms with Crippen molar-refractivity contribution >= 4 is 28.0 Å². The summed E-state index contributed by atoms with van der Waals surface area (Å²) in [5.41, 5.74) is 9.27. The van der Waals surface area contributed by atoms with Crippen LogP contribution in [0.25, 0.3) is 33.2 Å². The molecule has 2 saturated heterocycles. The summed E-state index contributed by atoms with van der Waals surface area (Å²) in [6.07, 6.45) is 3.06. The summed E-state index contributed by atoms with van der Waals surface area (Å²) in [7, 11) is 0. The number of imidazole rings is 1. The van der Waals surface area contributed by atoms with E-state index < -0.39 is 6.29 Å². The van der Waals surface area contributed by atoms with Gasteiger partial charge in [-0.1, -0.05) is 84.9 Å². The standard InChI is InChI=1S/C46H44N6O5/c53-29-30-15-17-32(18-16-30)43-25-37(28-51-21-19-36(20-22-51)52-42-14-4-3-13-40(42)50-46(52)55)56-45(57-43)35-10-6-9-34(24-35)33-8-5-7-31(23-33)26-48-44(54)41-27-47-38-11-1-2-12-39(38)49-41/h1-18,23-24,27,36-37,43,45,53H,19-22,25-26,28-29H2,(H,48,54)(H,50,55)/t37-,43+,45+/m1/s1. The lowest BCUT2D eigenvalue weighted by Crippen LogP contribution is -2.43. The molecule has 288 valence electrons. The van der Waals surface area contributed by atoms with Crippen molar-refractivity contribution in [3.8, 4) is 11.1 Å². The highest BCUT2D eigenvalue weighted by atomic mass is 16.7. The number of likely N-dealkylation sites (tertiary alicyclic amines) is 1. The van der Waals surface area contributed by atoms with Crippen LogP contribution >= 0.6 is 0 Å². The summed E-state index contributed by atoms with van der Waals surface area (Å²) in [5, 5.41) is 12.7. The van der Waals surface area contributed by atoms with E-state index in [0.29, 0.717) is 18.5 Å². The minimum atomic E-state index is -0.598. The normalized spacial score (nSPS) is 19.2. The van der Waals surface area contributed by atoms with Crippen molar-refractivity contribution in [1.29, 1.82) is 0 Å². The van der Waals surface area contributed by atoms with Gasteiger partial charge in [-0.3, -0.25) is 14.3 Å². The molecular formula is C46H44N6O5. The number of carbonyl (C=O) groups excluding carboxylic acids is 1. The topological polar surface area (TPSA) is 135 Å². The van der Waals surface area contributed by atoms with E-state index in [4.69, 9.17) is 9.47 Å². The van der Waals surface area contributed by atoms with Crippen molar-refractivity contribution in [3.63, 3.8) is 0 Å². The number of aliphatic hydroxyl groups is 1. The zero-order valence-electron chi connectivity index (χ0n) is 31.5. The van der Waals surface area contributed by atoms with Gasteiger partial charge in [-0.25, -0.2) is 9.78 Å². The summed E-state index contributed by atoms with van der Waals surface area (Å²) in [4.78, 5) is 40.2. The number of para-hydroxylation sites is 4. The molecule has 11 heteroatoms. The Morgan fingerprint density at radius 1 is 0.807 bits per heavy atom. The summed E-state index contributed by atoms with van der Waals surface area (Å²) in [6, 6.07) is 39.9. The Balaban J connectivity index is 0.898. The SMILES string of the molecule is O=C(NCc1cccc(-c2cccc([C@H]3O[C@@H](CN4CCC(n5c(=O)[nH]c6ccccc65)CC4)C[C@@H](c4ccc(CO)cc4)O3)c2)c1)c1cnc2ccccc2n1. The fourth-order valence-electron chi connectivity index (χ4n) is 8.18. The zero-order chi connectivity index (χ0) is 38.7. The number of nitrogens with zero attached hydrogens (tertiary/aromatic N) is 4. The van der Waals surface area contributed by atoms with E-state index >= 15 is 0 Å². The van der Waals surface area contributed by atoms with Crippen LogP contribution in [0.3, 0.4) is 0 Å². The number of hydrogen-bond donors (Lipinski definition) is 3. The molecule has 0 unspecified atom stereocenters. The van der Waals surface area contributed by atoms with Crippen molar-refractivity contribution in [2.24, 2.45) is 0 Å². The second-order valence-electron chi connectivity index (χ2n) is 15.0. The Bertz CT molecular complexity index is 2580. The molecule has 9 rings (SSSR count). The van der Waals surface area contributed by atoms with Crippen molar-refractivity contribution in [1.82, 2.24) is 29.7 Å². The first-order chi connectivity index (χ1) is 28.0. The third-order valence-electron chi connectivity index (χ3n) is 11.2. The monoisotopic (exact) mass is 760 g/mol. The highest BCUT2D eigenvalue weighted by molar-refractivity contribution is 5.93. The van der Waals surface area contributed by atoms with Crippen LogP contribution in [0.5, 0.6) is 0 Å². The third-order valence-corrected chi connectivity index (χ3v) is 11.2. The Kier molecular flexibility index (Phi) is 10.4. The van der Waals surface area contributed by atoms with Gasteiger partial charge in [0.1, 0.15) is 5.69 Å². The second-order valence-corrected chi connectivity index (χ2v) is 15.0. The van der Waals surface area contributed by atoms with Crippen LogP contribution in [0, 0.1) is 0 Å². The number of aliphatic hydroxyl groups excluding tert-OH is 1. The fraction of sp³-hybridized carbons (Fsp3) is 0.261. The van der Waals surface area contributed by atoms with Gasteiger partial charge in [0.2, 0.25) is 0 Å². The lowest BCUT2D eigenvalue weighted by Gasteiger charge is -2.40. The minimum absolute atomic E-state index is 0.0136. The van der Waals surface area contributed by atoms with Gasteiger partial charge < -0.3 is 29.8 Å². The average Bonchev–Trinajstić information content (AvgIpc) is 3.61. The van der Waals surface area contributed by atoms with E-state index in [9.17, 15) is 14.7 Å². The number of rotatable bonds is 10. The summed E-state index contributed by atoms with van der Waals surface area (Å²) >= 11 is 0. The summed E-state index contributed by atoms with van der Waals surface area (Å²) in [6.45, 7) is 2.79. The minimum Gasteiger partial charge on any atom is -0.392 e. The van der Waals surface area contributed by atoms with Gasteiger partial charge in [0, 0.05) is 44.2 Å². The van der Waals surface area contributed by atoms with Gasteiger partial charge in [-0.2, -0.15) is 0 Å². The van der Waals surface area contributed by atoms with Crippen LogP contribution in [-0.4, -0.2) is 61.2 Å². The highest BCUT2D eigenvalue weighted by Gasteiger charge is 2.34. The number of nitrogens with one attached hydrogen (secondary N) is 2. The van der Waals surface area contributed by atoms with E-state index in [1.165, 1.54) is 6.20 Å². The lowest BCUT2D eigenvalue weighted by molar-refractivity contribution is -0.253. The molecule has 3 atom stereocenters. The van der Waals surface area contributed by atoms with Gasteiger partial charge in [0.25, 0.3) is 5.91 Å². The first-order valence-corrected chi connectivity index (χ1v) is 19.6. The summed E-state index contributed by atoms with van der Waals surface area (Å²) < 4.78 is 15.4. The molecule has 0 saturated carbocycles. The smallest absolute Gasteiger partial charge is 0.326 e. The molecule has 2 fully saturated rings. The number of ether oxygens (including phenoxy) is 2. The second kappa shape index (κ2) is 16.2. The molecule has 0 spiro atoms. The van der Waals surface area contributed by atoms with Crippen molar-refractivity contribution < 1.29 is 19.4 Å². The molecule has 4 heterocycles. The molecule has 3 N–H and O–H groups in total. The van der Waals surface area contributed by atoms with Gasteiger partial charge in [0.05, 0.1) is 47.1 Å². The molecule has 2 aliphatic rings. The lowest BCUT2D eigenvalue weighted by atomic mass is 9.97. The quantitative estimate of drug-likeness (QED) is 0.133. The first-order valence-electron chi connectivity index (χ1n) is 19.6. The Hall–Kier alpha value is -5.98. The number of amides is 1. The summed E-state index contributed by atoms with van der Waals surface area (Å²) in [5.74, 6) is -0.281. The van der Waals surface area contributed by atoms with E-state index in [-0.39, 0.29) is 42.1 Å². The van der Waals surface area contributed by atoms with Crippen molar-refractivity contribution in [2.75, 3.05) is 19.6 Å². The maximum Gasteiger partial charge on any atom is 0.326 e. The number of benzene rings is 5.